The number of rotatable bonds is 9. The van der Waals surface area contributed by atoms with Gasteiger partial charge in [-0.1, -0.05) is 42.1 Å². The standard InChI is InChI=1S/C15H21NO5S2/c1-12(17)22-11-14(10-13-6-3-2-4-7-13)15(18)16-8-5-9-23(19,20)21/h2-4,6-7,14H,5,8-11H2,1H3,(H,16,18)(H,19,20,21). The average Bonchev–Trinajstić information content (AvgIpc) is 2.47. The zero-order valence-corrected chi connectivity index (χ0v) is 14.5. The van der Waals surface area contributed by atoms with Gasteiger partial charge in [0.25, 0.3) is 10.1 Å². The third-order valence-electron chi connectivity index (χ3n) is 3.06. The third kappa shape index (κ3) is 9.37. The predicted molar refractivity (Wildman–Crippen MR) is 90.8 cm³/mol. The first kappa shape index (κ1) is 19.7. The van der Waals surface area contributed by atoms with Crippen molar-refractivity contribution in [2.75, 3.05) is 18.1 Å². The van der Waals surface area contributed by atoms with Crippen LogP contribution in [0.1, 0.15) is 18.9 Å². The molecule has 0 spiro atoms. The third-order valence-corrected chi connectivity index (χ3v) is 4.84. The Labute approximate surface area is 140 Å². The molecular formula is C15H21NO5S2. The molecule has 23 heavy (non-hydrogen) atoms. The fraction of sp³-hybridized carbons (Fsp3) is 0.467. The van der Waals surface area contributed by atoms with E-state index in [1.807, 2.05) is 30.3 Å². The second-order valence-corrected chi connectivity index (χ2v) is 7.89. The molecule has 6 nitrogen and oxygen atoms in total. The summed E-state index contributed by atoms with van der Waals surface area (Å²) in [7, 11) is -4.01. The van der Waals surface area contributed by atoms with Crippen LogP contribution in [-0.2, 0) is 26.1 Å². The molecule has 0 aliphatic heterocycles. The van der Waals surface area contributed by atoms with Crippen LogP contribution in [-0.4, -0.2) is 42.0 Å². The van der Waals surface area contributed by atoms with E-state index in [0.29, 0.717) is 12.2 Å². The van der Waals surface area contributed by atoms with E-state index >= 15 is 0 Å². The number of hydrogen-bond acceptors (Lipinski definition) is 5. The van der Waals surface area contributed by atoms with Gasteiger partial charge in [0.2, 0.25) is 5.91 Å². The van der Waals surface area contributed by atoms with E-state index < -0.39 is 15.9 Å². The number of carbonyl (C=O) groups is 2. The smallest absolute Gasteiger partial charge is 0.264 e. The Kier molecular flexibility index (Phi) is 8.29. The van der Waals surface area contributed by atoms with Crippen molar-refractivity contribution in [1.82, 2.24) is 5.32 Å². The van der Waals surface area contributed by atoms with Crippen LogP contribution in [0, 0.1) is 5.92 Å². The first-order valence-electron chi connectivity index (χ1n) is 7.18. The summed E-state index contributed by atoms with van der Waals surface area (Å²) in [5, 5.41) is 2.61. The predicted octanol–water partition coefficient (Wildman–Crippen LogP) is 1.52. The second kappa shape index (κ2) is 9.69. The van der Waals surface area contributed by atoms with E-state index in [-0.39, 0.29) is 29.9 Å². The lowest BCUT2D eigenvalue weighted by molar-refractivity contribution is -0.124. The normalized spacial score (nSPS) is 12.6. The molecule has 0 bridgehead atoms. The Hall–Kier alpha value is -1.38. The monoisotopic (exact) mass is 359 g/mol. The Morgan fingerprint density at radius 3 is 2.48 bits per heavy atom. The lowest BCUT2D eigenvalue weighted by Crippen LogP contribution is -2.34. The van der Waals surface area contributed by atoms with Gasteiger partial charge in [0.15, 0.2) is 5.12 Å². The van der Waals surface area contributed by atoms with Gasteiger partial charge >= 0.3 is 0 Å². The van der Waals surface area contributed by atoms with Crippen LogP contribution in [0.25, 0.3) is 0 Å². The van der Waals surface area contributed by atoms with Gasteiger partial charge in [0.05, 0.1) is 11.7 Å². The summed E-state index contributed by atoms with van der Waals surface area (Å²) in [5.41, 5.74) is 0.995. The number of nitrogens with one attached hydrogen (secondary N) is 1. The summed E-state index contributed by atoms with van der Waals surface area (Å²) in [5.74, 6) is -0.623. The van der Waals surface area contributed by atoms with Crippen LogP contribution in [0.4, 0.5) is 0 Å². The molecule has 0 aliphatic rings. The van der Waals surface area contributed by atoms with Crippen molar-refractivity contribution in [3.8, 4) is 0 Å². The van der Waals surface area contributed by atoms with E-state index in [4.69, 9.17) is 4.55 Å². The van der Waals surface area contributed by atoms with Crippen LogP contribution in [0.2, 0.25) is 0 Å². The summed E-state index contributed by atoms with van der Waals surface area (Å²) >= 11 is 1.09. The van der Waals surface area contributed by atoms with Gasteiger partial charge in [-0.2, -0.15) is 8.42 Å². The molecular weight excluding hydrogens is 338 g/mol. The lowest BCUT2D eigenvalue weighted by atomic mass is 10.0. The first-order valence-corrected chi connectivity index (χ1v) is 9.77. The molecule has 0 aromatic heterocycles. The highest BCUT2D eigenvalue weighted by Crippen LogP contribution is 2.15. The van der Waals surface area contributed by atoms with Gasteiger partial charge in [-0.15, -0.1) is 0 Å². The number of thioether (sulfide) groups is 1. The van der Waals surface area contributed by atoms with Crippen LogP contribution in [0.15, 0.2) is 30.3 Å². The van der Waals surface area contributed by atoms with Crippen LogP contribution in [0.5, 0.6) is 0 Å². The molecule has 128 valence electrons. The maximum atomic E-state index is 12.2. The molecule has 1 aromatic rings. The molecule has 0 aliphatic carbocycles. The summed E-state index contributed by atoms with van der Waals surface area (Å²) in [6.07, 6.45) is 0.647. The minimum Gasteiger partial charge on any atom is -0.356 e. The average molecular weight is 359 g/mol. The van der Waals surface area contributed by atoms with Gasteiger partial charge in [-0.25, -0.2) is 0 Å². The number of amides is 1. The Balaban J connectivity index is 2.56. The van der Waals surface area contributed by atoms with Gasteiger partial charge in [0.1, 0.15) is 0 Å². The van der Waals surface area contributed by atoms with Crippen molar-refractivity contribution in [3.05, 3.63) is 35.9 Å². The molecule has 0 saturated carbocycles. The van der Waals surface area contributed by atoms with Crippen molar-refractivity contribution in [2.45, 2.75) is 19.8 Å². The molecule has 1 aromatic carbocycles. The highest BCUT2D eigenvalue weighted by atomic mass is 32.2. The topological polar surface area (TPSA) is 101 Å². The Morgan fingerprint density at radius 2 is 1.91 bits per heavy atom. The van der Waals surface area contributed by atoms with Gasteiger partial charge in [-0.3, -0.25) is 14.1 Å². The van der Waals surface area contributed by atoms with Crippen molar-refractivity contribution in [3.63, 3.8) is 0 Å². The minimum absolute atomic E-state index is 0.0535. The zero-order chi connectivity index (χ0) is 17.3. The van der Waals surface area contributed by atoms with E-state index in [2.05, 4.69) is 5.32 Å². The van der Waals surface area contributed by atoms with E-state index in [1.165, 1.54) is 6.92 Å². The summed E-state index contributed by atoms with van der Waals surface area (Å²) in [6, 6.07) is 9.48. The zero-order valence-electron chi connectivity index (χ0n) is 12.9. The molecule has 0 heterocycles. The molecule has 1 rings (SSSR count). The minimum atomic E-state index is -4.01. The highest BCUT2D eigenvalue weighted by molar-refractivity contribution is 8.13. The maximum absolute atomic E-state index is 12.2. The summed E-state index contributed by atoms with van der Waals surface area (Å²) in [4.78, 5) is 23.4. The maximum Gasteiger partial charge on any atom is 0.264 e. The first-order chi connectivity index (χ1) is 10.8. The highest BCUT2D eigenvalue weighted by Gasteiger charge is 2.20. The molecule has 8 heteroatoms. The quantitative estimate of drug-likeness (QED) is 0.512. The lowest BCUT2D eigenvalue weighted by Gasteiger charge is -2.16. The molecule has 2 N–H and O–H groups in total. The summed E-state index contributed by atoms with van der Waals surface area (Å²) in [6.45, 7) is 1.61. The number of carbonyl (C=O) groups excluding carboxylic acids is 2. The fourth-order valence-electron chi connectivity index (χ4n) is 1.95. The largest absolute Gasteiger partial charge is 0.356 e. The molecule has 1 atom stereocenters. The van der Waals surface area contributed by atoms with Crippen LogP contribution >= 0.6 is 11.8 Å². The second-order valence-electron chi connectivity index (χ2n) is 5.12. The van der Waals surface area contributed by atoms with Gasteiger partial charge in [-0.05, 0) is 18.4 Å². The Morgan fingerprint density at radius 1 is 1.26 bits per heavy atom. The molecule has 1 amide bonds. The van der Waals surface area contributed by atoms with Crippen molar-refractivity contribution in [2.24, 2.45) is 5.92 Å². The summed E-state index contributed by atoms with van der Waals surface area (Å²) < 4.78 is 29.9. The number of hydrogen-bond donors (Lipinski definition) is 2. The molecule has 1 unspecified atom stereocenters. The van der Waals surface area contributed by atoms with E-state index in [9.17, 15) is 18.0 Å². The van der Waals surface area contributed by atoms with E-state index in [1.54, 1.807) is 0 Å². The van der Waals surface area contributed by atoms with Crippen LogP contribution in [0.3, 0.4) is 0 Å². The van der Waals surface area contributed by atoms with Crippen LogP contribution < -0.4 is 5.32 Å². The molecule has 0 fully saturated rings. The van der Waals surface area contributed by atoms with Crippen molar-refractivity contribution < 1.29 is 22.6 Å². The molecule has 0 saturated heterocycles. The van der Waals surface area contributed by atoms with Crippen molar-refractivity contribution >= 4 is 32.9 Å². The van der Waals surface area contributed by atoms with Crippen molar-refractivity contribution in [1.29, 1.82) is 0 Å². The van der Waals surface area contributed by atoms with E-state index in [0.717, 1.165) is 17.3 Å². The SMILES string of the molecule is CC(=O)SCC(Cc1ccccc1)C(=O)NCCCS(=O)(=O)O. The van der Waals surface area contributed by atoms with Gasteiger partial charge in [0, 0.05) is 19.2 Å². The Bertz CT molecular complexity index is 616. The molecule has 0 radical (unpaired) electrons. The van der Waals surface area contributed by atoms with Gasteiger partial charge < -0.3 is 5.32 Å². The number of benzene rings is 1. The fourth-order valence-corrected chi connectivity index (χ4v) is 3.17.